The minimum absolute atomic E-state index is 0.0435. The van der Waals surface area contributed by atoms with Crippen LogP contribution in [0.5, 0.6) is 0 Å². The van der Waals surface area contributed by atoms with Gasteiger partial charge in [-0.05, 0) is 35.9 Å². The molecular formula is C20H13Cl4F3N4O. The van der Waals surface area contributed by atoms with Gasteiger partial charge in [-0.2, -0.15) is 18.3 Å². The quantitative estimate of drug-likeness (QED) is 0.375. The maximum Gasteiger partial charge on any atom is 0.410 e. The molecule has 12 heteroatoms. The SMILES string of the molecule is O=C(Nc1ccc(Cl)cc1Cl)c1cc2n(n1)[C@@H](C(F)(F)F)C[C@@H](c1ccc(Cl)c(Cl)c1)N2. The first-order valence-corrected chi connectivity index (χ1v) is 10.7. The van der Waals surface area contributed by atoms with Crippen molar-refractivity contribution in [3.63, 3.8) is 0 Å². The van der Waals surface area contributed by atoms with Crippen LogP contribution in [0.4, 0.5) is 24.7 Å². The molecule has 2 heterocycles. The van der Waals surface area contributed by atoms with Crippen molar-refractivity contribution in [1.82, 2.24) is 9.78 Å². The molecule has 2 aromatic carbocycles. The highest BCUT2D eigenvalue weighted by atomic mass is 35.5. The standard InChI is InChI=1S/C20H13Cl4F3N4O/c21-10-2-4-14(13(24)6-10)29-19(32)16-8-18-28-15(9-1-3-11(22)12(23)5-9)7-17(20(25,26)27)31(18)30-16/h1-6,8,15,17,28H,7H2,(H,29,32)/t15-,17+/m0/s1. The van der Waals surface area contributed by atoms with Crippen molar-refractivity contribution in [1.29, 1.82) is 0 Å². The van der Waals surface area contributed by atoms with Gasteiger partial charge >= 0.3 is 6.18 Å². The average molecular weight is 524 g/mol. The number of aromatic nitrogens is 2. The predicted octanol–water partition coefficient (Wildman–Crippen LogP) is 7.41. The van der Waals surface area contributed by atoms with Crippen LogP contribution in [0.3, 0.4) is 0 Å². The van der Waals surface area contributed by atoms with Crippen LogP contribution in [-0.4, -0.2) is 21.9 Å². The lowest BCUT2D eigenvalue weighted by molar-refractivity contribution is -0.173. The number of amides is 1. The second-order valence-corrected chi connectivity index (χ2v) is 8.76. The van der Waals surface area contributed by atoms with E-state index in [1.54, 1.807) is 6.07 Å². The van der Waals surface area contributed by atoms with Crippen LogP contribution in [0.25, 0.3) is 0 Å². The van der Waals surface area contributed by atoms with E-state index in [-0.39, 0.29) is 33.7 Å². The lowest BCUT2D eigenvalue weighted by Gasteiger charge is -2.33. The summed E-state index contributed by atoms with van der Waals surface area (Å²) in [7, 11) is 0. The van der Waals surface area contributed by atoms with Crippen LogP contribution in [0.1, 0.15) is 34.6 Å². The summed E-state index contributed by atoms with van der Waals surface area (Å²) < 4.78 is 42.3. The summed E-state index contributed by atoms with van der Waals surface area (Å²) in [6.07, 6.45) is -4.94. The zero-order valence-electron chi connectivity index (χ0n) is 15.9. The molecule has 2 atom stereocenters. The van der Waals surface area contributed by atoms with Crippen LogP contribution in [0.2, 0.25) is 20.1 Å². The predicted molar refractivity (Wildman–Crippen MR) is 119 cm³/mol. The van der Waals surface area contributed by atoms with Gasteiger partial charge in [0.15, 0.2) is 11.7 Å². The molecule has 0 bridgehead atoms. The Labute approximate surface area is 200 Å². The van der Waals surface area contributed by atoms with Gasteiger partial charge < -0.3 is 10.6 Å². The smallest absolute Gasteiger partial charge is 0.363 e. The minimum Gasteiger partial charge on any atom is -0.363 e. The molecule has 0 fully saturated rings. The number of alkyl halides is 3. The van der Waals surface area contributed by atoms with Gasteiger partial charge in [-0.1, -0.05) is 52.5 Å². The van der Waals surface area contributed by atoms with Gasteiger partial charge in [0.1, 0.15) is 5.82 Å². The fourth-order valence-corrected chi connectivity index (χ4v) is 4.17. The molecule has 3 aromatic rings. The number of hydrogen-bond acceptors (Lipinski definition) is 3. The highest BCUT2D eigenvalue weighted by Crippen LogP contribution is 2.44. The van der Waals surface area contributed by atoms with Crippen LogP contribution in [-0.2, 0) is 0 Å². The Hall–Kier alpha value is -2.13. The number of fused-ring (bicyclic) bond motifs is 1. The van der Waals surface area contributed by atoms with E-state index < -0.39 is 24.2 Å². The number of rotatable bonds is 3. The number of halogens is 7. The van der Waals surface area contributed by atoms with Gasteiger partial charge in [0, 0.05) is 17.5 Å². The third-order valence-corrected chi connectivity index (χ3v) is 6.23. The van der Waals surface area contributed by atoms with E-state index in [1.165, 1.54) is 36.4 Å². The van der Waals surface area contributed by atoms with Gasteiger partial charge in [0.05, 0.1) is 26.8 Å². The molecule has 1 aromatic heterocycles. The number of nitrogens with one attached hydrogen (secondary N) is 2. The summed E-state index contributed by atoms with van der Waals surface area (Å²) in [5, 5.41) is 10.5. The molecule has 32 heavy (non-hydrogen) atoms. The second kappa shape index (κ2) is 8.67. The van der Waals surface area contributed by atoms with Crippen LogP contribution in [0.15, 0.2) is 42.5 Å². The Bertz CT molecular complexity index is 1200. The number of benzene rings is 2. The van der Waals surface area contributed by atoms with Crippen LogP contribution >= 0.6 is 46.4 Å². The van der Waals surface area contributed by atoms with Gasteiger partial charge in [-0.25, -0.2) is 4.68 Å². The summed E-state index contributed by atoms with van der Waals surface area (Å²) >= 11 is 23.8. The first kappa shape index (κ1) is 23.0. The van der Waals surface area contributed by atoms with Crippen molar-refractivity contribution in [2.75, 3.05) is 10.6 Å². The monoisotopic (exact) mass is 522 g/mol. The highest BCUT2D eigenvalue weighted by Gasteiger charge is 2.46. The Balaban J connectivity index is 1.65. The number of carbonyl (C=O) groups is 1. The van der Waals surface area contributed by atoms with E-state index in [0.29, 0.717) is 15.6 Å². The fourth-order valence-electron chi connectivity index (χ4n) is 3.41. The zero-order valence-corrected chi connectivity index (χ0v) is 18.9. The lowest BCUT2D eigenvalue weighted by Crippen LogP contribution is -2.35. The van der Waals surface area contributed by atoms with Gasteiger partial charge in [-0.3, -0.25) is 4.79 Å². The molecular weight excluding hydrogens is 511 g/mol. The van der Waals surface area contributed by atoms with E-state index in [9.17, 15) is 18.0 Å². The molecule has 0 spiro atoms. The Morgan fingerprint density at radius 3 is 2.44 bits per heavy atom. The second-order valence-electron chi connectivity index (χ2n) is 7.10. The van der Waals surface area contributed by atoms with Gasteiger partial charge in [0.25, 0.3) is 5.91 Å². The van der Waals surface area contributed by atoms with Crippen molar-refractivity contribution >= 4 is 63.8 Å². The molecule has 2 N–H and O–H groups in total. The summed E-state index contributed by atoms with van der Waals surface area (Å²) in [5.74, 6) is -0.674. The van der Waals surface area contributed by atoms with E-state index >= 15 is 0 Å². The first-order chi connectivity index (χ1) is 15.0. The lowest BCUT2D eigenvalue weighted by atomic mass is 9.97. The van der Waals surface area contributed by atoms with Crippen molar-refractivity contribution in [2.24, 2.45) is 0 Å². The summed E-state index contributed by atoms with van der Waals surface area (Å²) in [6.45, 7) is 0. The van der Waals surface area contributed by atoms with Crippen molar-refractivity contribution < 1.29 is 18.0 Å². The third kappa shape index (κ3) is 4.64. The maximum absolute atomic E-state index is 13.8. The number of carbonyl (C=O) groups excluding carboxylic acids is 1. The summed E-state index contributed by atoms with van der Waals surface area (Å²) in [4.78, 5) is 12.6. The average Bonchev–Trinajstić information content (AvgIpc) is 3.15. The molecule has 1 aliphatic heterocycles. The Morgan fingerprint density at radius 2 is 1.78 bits per heavy atom. The summed E-state index contributed by atoms with van der Waals surface area (Å²) in [5.41, 5.74) is 0.573. The molecule has 0 aliphatic carbocycles. The Kier molecular flexibility index (Phi) is 6.24. The third-order valence-electron chi connectivity index (χ3n) is 4.95. The molecule has 5 nitrogen and oxygen atoms in total. The van der Waals surface area contributed by atoms with Crippen molar-refractivity contribution in [2.45, 2.75) is 24.7 Å². The van der Waals surface area contributed by atoms with Crippen molar-refractivity contribution in [3.05, 3.63) is 73.8 Å². The topological polar surface area (TPSA) is 59.0 Å². The van der Waals surface area contributed by atoms with E-state index in [1.807, 2.05) is 0 Å². The highest BCUT2D eigenvalue weighted by molar-refractivity contribution is 6.42. The molecule has 0 radical (unpaired) electrons. The summed E-state index contributed by atoms with van der Waals surface area (Å²) in [6, 6.07) is 7.64. The molecule has 168 valence electrons. The van der Waals surface area contributed by atoms with Crippen LogP contribution in [0, 0.1) is 0 Å². The largest absolute Gasteiger partial charge is 0.410 e. The zero-order chi connectivity index (χ0) is 23.2. The van der Waals surface area contributed by atoms with Crippen LogP contribution < -0.4 is 10.6 Å². The van der Waals surface area contributed by atoms with Gasteiger partial charge in [0.2, 0.25) is 0 Å². The number of hydrogen-bond donors (Lipinski definition) is 2. The van der Waals surface area contributed by atoms with Crippen molar-refractivity contribution in [3.8, 4) is 0 Å². The molecule has 0 saturated carbocycles. The molecule has 1 aliphatic rings. The maximum atomic E-state index is 13.8. The molecule has 4 rings (SSSR count). The van der Waals surface area contributed by atoms with E-state index in [2.05, 4.69) is 15.7 Å². The molecule has 0 saturated heterocycles. The molecule has 1 amide bonds. The number of nitrogens with zero attached hydrogens (tertiary/aromatic N) is 2. The number of anilines is 2. The Morgan fingerprint density at radius 1 is 1.03 bits per heavy atom. The van der Waals surface area contributed by atoms with E-state index in [4.69, 9.17) is 46.4 Å². The van der Waals surface area contributed by atoms with Gasteiger partial charge in [-0.15, -0.1) is 0 Å². The first-order valence-electron chi connectivity index (χ1n) is 9.17. The fraction of sp³-hybridized carbons (Fsp3) is 0.200. The normalized spacial score (nSPS) is 18.1. The molecule has 0 unspecified atom stereocenters. The van der Waals surface area contributed by atoms with E-state index in [0.717, 1.165) is 4.68 Å². The minimum atomic E-state index is -4.59.